The van der Waals surface area contributed by atoms with E-state index in [1.807, 2.05) is 17.8 Å². The van der Waals surface area contributed by atoms with Gasteiger partial charge in [0.05, 0.1) is 0 Å². The molecule has 0 N–H and O–H groups in total. The molecule has 0 radical (unpaired) electrons. The van der Waals surface area contributed by atoms with Crippen LogP contribution in [-0.2, 0) is 0 Å². The van der Waals surface area contributed by atoms with Gasteiger partial charge in [0.25, 0.3) is 0 Å². The zero-order chi connectivity index (χ0) is 7.68. The summed E-state index contributed by atoms with van der Waals surface area (Å²) in [6.45, 7) is 2.14. The van der Waals surface area contributed by atoms with E-state index in [1.54, 1.807) is 0 Å². The number of thioether (sulfide) groups is 1. The van der Waals surface area contributed by atoms with Crippen molar-refractivity contribution in [2.75, 3.05) is 5.75 Å². The average Bonchev–Trinajstić information content (AvgIpc) is 2.40. The Labute approximate surface area is 71.4 Å². The van der Waals surface area contributed by atoms with Crippen LogP contribution < -0.4 is 0 Å². The van der Waals surface area contributed by atoms with Crippen molar-refractivity contribution in [1.82, 2.24) is 0 Å². The van der Waals surface area contributed by atoms with Crippen molar-refractivity contribution < 1.29 is 0 Å². The van der Waals surface area contributed by atoms with Crippen molar-refractivity contribution in [3.05, 3.63) is 40.0 Å². The largest absolute Gasteiger partial charge is 0.125 e. The van der Waals surface area contributed by atoms with Gasteiger partial charge in [0.2, 0.25) is 0 Å². The van der Waals surface area contributed by atoms with Gasteiger partial charge in [-0.1, -0.05) is 6.08 Å². The molecule has 1 heterocycles. The molecular formula is C10H10S. The van der Waals surface area contributed by atoms with Crippen LogP contribution in [0.3, 0.4) is 0 Å². The van der Waals surface area contributed by atoms with Crippen LogP contribution in [0.2, 0.25) is 0 Å². The van der Waals surface area contributed by atoms with Crippen molar-refractivity contribution in [3.63, 3.8) is 0 Å². The maximum absolute atomic E-state index is 3.25. The molecule has 2 rings (SSSR count). The van der Waals surface area contributed by atoms with Crippen molar-refractivity contribution in [3.8, 4) is 0 Å². The lowest BCUT2D eigenvalue weighted by Crippen LogP contribution is -1.81. The molecule has 56 valence electrons. The lowest BCUT2D eigenvalue weighted by molar-refractivity contribution is 1.14. The minimum Gasteiger partial charge on any atom is -0.125 e. The molecule has 11 heavy (non-hydrogen) atoms. The van der Waals surface area contributed by atoms with E-state index in [0.717, 1.165) is 0 Å². The second-order valence-corrected chi connectivity index (χ2v) is 3.87. The van der Waals surface area contributed by atoms with Gasteiger partial charge in [-0.15, -0.1) is 17.5 Å². The molecule has 0 spiro atoms. The van der Waals surface area contributed by atoms with Gasteiger partial charge < -0.3 is 0 Å². The first-order valence-corrected chi connectivity index (χ1v) is 4.83. The third-order valence-corrected chi connectivity index (χ3v) is 3.11. The van der Waals surface area contributed by atoms with Crippen LogP contribution in [0.5, 0.6) is 0 Å². The smallest absolute Gasteiger partial charge is 0.0113 e. The van der Waals surface area contributed by atoms with E-state index in [-0.39, 0.29) is 0 Å². The van der Waals surface area contributed by atoms with Crippen molar-refractivity contribution >= 4 is 11.8 Å². The lowest BCUT2D eigenvalue weighted by atomic mass is 10.1. The van der Waals surface area contributed by atoms with Crippen LogP contribution >= 0.6 is 11.8 Å². The summed E-state index contributed by atoms with van der Waals surface area (Å²) in [5.41, 5.74) is 6.06. The zero-order valence-electron chi connectivity index (χ0n) is 6.55. The molecule has 0 atom stereocenters. The molecule has 2 aliphatic rings. The SMILES string of the molecule is CC1=C=CC=CC2=C1CCS2. The quantitative estimate of drug-likeness (QED) is 0.493. The van der Waals surface area contributed by atoms with Gasteiger partial charge in [-0.05, 0) is 36.6 Å². The fourth-order valence-electron chi connectivity index (χ4n) is 1.39. The Morgan fingerprint density at radius 2 is 2.45 bits per heavy atom. The topological polar surface area (TPSA) is 0 Å². The minimum atomic E-state index is 1.22. The van der Waals surface area contributed by atoms with E-state index in [4.69, 9.17) is 0 Å². The summed E-state index contributed by atoms with van der Waals surface area (Å²) in [7, 11) is 0. The molecule has 0 amide bonds. The average molecular weight is 162 g/mol. The van der Waals surface area contributed by atoms with Crippen molar-refractivity contribution in [2.24, 2.45) is 0 Å². The molecule has 0 saturated carbocycles. The van der Waals surface area contributed by atoms with Gasteiger partial charge >= 0.3 is 0 Å². The molecular weight excluding hydrogens is 152 g/mol. The standard InChI is InChI=1S/C10H10S/c1-8-4-2-3-5-10-9(8)6-7-11-10/h2-3,5H,6-7H2,1H3. The van der Waals surface area contributed by atoms with Gasteiger partial charge in [0.1, 0.15) is 0 Å². The van der Waals surface area contributed by atoms with Crippen LogP contribution in [0, 0.1) is 0 Å². The Morgan fingerprint density at radius 1 is 1.55 bits per heavy atom. The van der Waals surface area contributed by atoms with Crippen LogP contribution in [0.25, 0.3) is 0 Å². The molecule has 1 aliphatic carbocycles. The summed E-state index contributed by atoms with van der Waals surface area (Å²) in [6, 6.07) is 0. The van der Waals surface area contributed by atoms with E-state index in [9.17, 15) is 0 Å². The summed E-state index contributed by atoms with van der Waals surface area (Å²) in [4.78, 5) is 1.45. The first-order valence-electron chi connectivity index (χ1n) is 3.84. The van der Waals surface area contributed by atoms with E-state index < -0.39 is 0 Å². The summed E-state index contributed by atoms with van der Waals surface area (Å²) >= 11 is 1.96. The van der Waals surface area contributed by atoms with Gasteiger partial charge in [-0.2, -0.15) is 0 Å². The highest BCUT2D eigenvalue weighted by Gasteiger charge is 2.14. The zero-order valence-corrected chi connectivity index (χ0v) is 7.37. The van der Waals surface area contributed by atoms with Gasteiger partial charge in [-0.25, -0.2) is 0 Å². The third-order valence-electron chi connectivity index (χ3n) is 2.00. The normalized spacial score (nSPS) is 21.7. The maximum atomic E-state index is 3.25. The monoisotopic (exact) mass is 162 g/mol. The fraction of sp³-hybridized carbons (Fsp3) is 0.300. The molecule has 0 nitrogen and oxygen atoms in total. The van der Waals surface area contributed by atoms with Crippen LogP contribution in [0.15, 0.2) is 40.0 Å². The van der Waals surface area contributed by atoms with E-state index in [1.165, 1.54) is 28.2 Å². The predicted molar refractivity (Wildman–Crippen MR) is 50.5 cm³/mol. The fourth-order valence-corrected chi connectivity index (χ4v) is 2.52. The maximum Gasteiger partial charge on any atom is 0.0113 e. The third kappa shape index (κ3) is 1.22. The Kier molecular flexibility index (Phi) is 1.77. The predicted octanol–water partition coefficient (Wildman–Crippen LogP) is 3.05. The van der Waals surface area contributed by atoms with Gasteiger partial charge in [0.15, 0.2) is 0 Å². The van der Waals surface area contributed by atoms with Gasteiger partial charge in [-0.3, -0.25) is 0 Å². The molecule has 0 saturated heterocycles. The number of hydrogen-bond donors (Lipinski definition) is 0. The van der Waals surface area contributed by atoms with E-state index >= 15 is 0 Å². The Hall–Kier alpha value is -0.650. The number of rotatable bonds is 0. The van der Waals surface area contributed by atoms with Crippen LogP contribution in [-0.4, -0.2) is 5.75 Å². The second-order valence-electron chi connectivity index (χ2n) is 2.74. The summed E-state index contributed by atoms with van der Waals surface area (Å²) in [5, 5.41) is 0. The van der Waals surface area contributed by atoms with E-state index in [0.29, 0.717) is 0 Å². The molecule has 0 unspecified atom stereocenters. The number of allylic oxidation sites excluding steroid dienone is 4. The Morgan fingerprint density at radius 3 is 3.36 bits per heavy atom. The Bertz CT molecular complexity index is 299. The summed E-state index contributed by atoms with van der Waals surface area (Å²) < 4.78 is 0. The first-order chi connectivity index (χ1) is 5.38. The summed E-state index contributed by atoms with van der Waals surface area (Å²) in [5.74, 6) is 1.24. The highest BCUT2D eigenvalue weighted by Crippen LogP contribution is 2.36. The van der Waals surface area contributed by atoms with Crippen LogP contribution in [0.4, 0.5) is 0 Å². The molecule has 1 aliphatic heterocycles. The Balaban J connectivity index is 2.50. The first kappa shape index (κ1) is 7.02. The van der Waals surface area contributed by atoms with Gasteiger partial charge in [0, 0.05) is 10.7 Å². The molecule has 0 fully saturated rings. The lowest BCUT2D eigenvalue weighted by Gasteiger charge is -1.97. The second kappa shape index (κ2) is 2.77. The highest BCUT2D eigenvalue weighted by atomic mass is 32.2. The number of hydrogen-bond acceptors (Lipinski definition) is 1. The molecule has 0 aromatic heterocycles. The molecule has 0 bridgehead atoms. The van der Waals surface area contributed by atoms with Crippen molar-refractivity contribution in [1.29, 1.82) is 0 Å². The van der Waals surface area contributed by atoms with E-state index in [2.05, 4.69) is 24.8 Å². The minimum absolute atomic E-state index is 1.22. The molecule has 0 aromatic rings. The van der Waals surface area contributed by atoms with Crippen LogP contribution in [0.1, 0.15) is 13.3 Å². The summed E-state index contributed by atoms with van der Waals surface area (Å²) in [6.07, 6.45) is 7.48. The molecule has 1 heteroatoms. The van der Waals surface area contributed by atoms with Crippen molar-refractivity contribution in [2.45, 2.75) is 13.3 Å². The highest BCUT2D eigenvalue weighted by molar-refractivity contribution is 8.03. The molecule has 0 aromatic carbocycles.